The van der Waals surface area contributed by atoms with Crippen LogP contribution in [0.15, 0.2) is 53.0 Å². The van der Waals surface area contributed by atoms with Gasteiger partial charge in [0.25, 0.3) is 0 Å². The quantitative estimate of drug-likeness (QED) is 0.742. The van der Waals surface area contributed by atoms with Crippen LogP contribution in [-0.4, -0.2) is 6.18 Å². The van der Waals surface area contributed by atoms with Crippen molar-refractivity contribution in [3.8, 4) is 0 Å². The van der Waals surface area contributed by atoms with E-state index < -0.39 is 18.0 Å². The smallest absolute Gasteiger partial charge is 0.370 e. The third kappa shape index (κ3) is 3.50. The second-order valence-corrected chi connectivity index (χ2v) is 5.01. The zero-order chi connectivity index (χ0) is 14.8. The number of nitrogens with one attached hydrogen (secondary N) is 1. The molecule has 1 N–H and O–H groups in total. The van der Waals surface area contributed by atoms with Crippen molar-refractivity contribution in [2.24, 2.45) is 0 Å². The Morgan fingerprint density at radius 3 is 2.20 bits per heavy atom. The summed E-state index contributed by atoms with van der Waals surface area (Å²) in [4.78, 5) is 0. The van der Waals surface area contributed by atoms with Gasteiger partial charge >= 0.3 is 6.18 Å². The normalized spacial score (nSPS) is 13.1. The van der Waals surface area contributed by atoms with Crippen LogP contribution in [0.2, 0.25) is 0 Å². The van der Waals surface area contributed by atoms with Crippen molar-refractivity contribution in [2.75, 3.05) is 5.32 Å². The molecule has 1 unspecified atom stereocenters. The van der Waals surface area contributed by atoms with Crippen LogP contribution in [0.25, 0.3) is 0 Å². The van der Waals surface area contributed by atoms with Crippen LogP contribution in [0.3, 0.4) is 0 Å². The summed E-state index contributed by atoms with van der Waals surface area (Å²) < 4.78 is 52.6. The lowest BCUT2D eigenvalue weighted by molar-refractivity contribution is -0.144. The minimum absolute atomic E-state index is 0.0976. The fraction of sp³-hybridized carbons (Fsp3) is 0.143. The average Bonchev–Trinajstić information content (AvgIpc) is 2.39. The van der Waals surface area contributed by atoms with Crippen molar-refractivity contribution >= 4 is 21.6 Å². The summed E-state index contributed by atoms with van der Waals surface area (Å²) in [6.07, 6.45) is -4.46. The van der Waals surface area contributed by atoms with Gasteiger partial charge in [0, 0.05) is 5.69 Å². The lowest BCUT2D eigenvalue weighted by Gasteiger charge is -2.23. The van der Waals surface area contributed by atoms with Gasteiger partial charge in [0.2, 0.25) is 0 Å². The van der Waals surface area contributed by atoms with E-state index in [-0.39, 0.29) is 15.7 Å². The molecule has 0 aromatic heterocycles. The van der Waals surface area contributed by atoms with Crippen LogP contribution >= 0.6 is 15.9 Å². The van der Waals surface area contributed by atoms with E-state index in [0.717, 1.165) is 6.07 Å². The van der Waals surface area contributed by atoms with Gasteiger partial charge in [-0.3, -0.25) is 0 Å². The number of hydrogen-bond donors (Lipinski definition) is 1. The number of halogens is 5. The van der Waals surface area contributed by atoms with Crippen LogP contribution in [0.1, 0.15) is 11.6 Å². The van der Waals surface area contributed by atoms with Crippen molar-refractivity contribution in [1.29, 1.82) is 0 Å². The van der Waals surface area contributed by atoms with Gasteiger partial charge in [-0.05, 0) is 39.7 Å². The molecule has 2 rings (SSSR count). The summed E-state index contributed by atoms with van der Waals surface area (Å²) in [6, 6.07) is 9.30. The number of alkyl halides is 3. The molecule has 2 aromatic carbocycles. The van der Waals surface area contributed by atoms with Crippen molar-refractivity contribution in [3.05, 3.63) is 64.4 Å². The van der Waals surface area contributed by atoms with E-state index in [1.165, 1.54) is 36.4 Å². The highest BCUT2D eigenvalue weighted by molar-refractivity contribution is 9.10. The standard InChI is InChI=1S/C14H10BrF4N/c15-11-8-10(6-7-12(11)16)20-13(14(17,18)19)9-4-2-1-3-5-9/h1-8,13,20H. The van der Waals surface area contributed by atoms with Crippen LogP contribution in [0.5, 0.6) is 0 Å². The summed E-state index contributed by atoms with van der Waals surface area (Å²) >= 11 is 2.95. The van der Waals surface area contributed by atoms with Crippen molar-refractivity contribution < 1.29 is 17.6 Å². The first-order chi connectivity index (χ1) is 9.38. The molecule has 106 valence electrons. The fourth-order valence-corrected chi connectivity index (χ4v) is 2.13. The highest BCUT2D eigenvalue weighted by Gasteiger charge is 2.40. The Labute approximate surface area is 121 Å². The SMILES string of the molecule is Fc1ccc(NC(c2ccccc2)C(F)(F)F)cc1Br. The number of hydrogen-bond acceptors (Lipinski definition) is 1. The number of benzene rings is 2. The molecule has 2 aromatic rings. The third-order valence-electron chi connectivity index (χ3n) is 2.69. The lowest BCUT2D eigenvalue weighted by atomic mass is 10.1. The van der Waals surface area contributed by atoms with Gasteiger partial charge in [0.05, 0.1) is 4.47 Å². The topological polar surface area (TPSA) is 12.0 Å². The van der Waals surface area contributed by atoms with Crippen molar-refractivity contribution in [2.45, 2.75) is 12.2 Å². The Morgan fingerprint density at radius 2 is 1.65 bits per heavy atom. The summed E-state index contributed by atoms with van der Waals surface area (Å²) in [5.74, 6) is -0.529. The van der Waals surface area contributed by atoms with Gasteiger partial charge in [0.15, 0.2) is 0 Å². The predicted octanol–water partition coefficient (Wildman–Crippen LogP) is 5.30. The zero-order valence-electron chi connectivity index (χ0n) is 10.1. The third-order valence-corrected chi connectivity index (χ3v) is 3.30. The lowest BCUT2D eigenvalue weighted by Crippen LogP contribution is -2.27. The molecule has 0 aliphatic heterocycles. The van der Waals surface area contributed by atoms with Gasteiger partial charge in [-0.1, -0.05) is 30.3 Å². The molecule has 1 atom stereocenters. The minimum Gasteiger partial charge on any atom is -0.370 e. The molecule has 0 bridgehead atoms. The molecule has 0 heterocycles. The molecule has 0 saturated heterocycles. The predicted molar refractivity (Wildman–Crippen MR) is 73.0 cm³/mol. The molecule has 0 radical (unpaired) electrons. The molecule has 20 heavy (non-hydrogen) atoms. The van der Waals surface area contributed by atoms with Crippen molar-refractivity contribution in [3.63, 3.8) is 0 Å². The van der Waals surface area contributed by atoms with Gasteiger partial charge in [-0.2, -0.15) is 13.2 Å². The Bertz CT molecular complexity index is 583. The molecule has 0 aliphatic rings. The van der Waals surface area contributed by atoms with E-state index in [9.17, 15) is 17.6 Å². The van der Waals surface area contributed by atoms with Gasteiger partial charge in [-0.15, -0.1) is 0 Å². The molecular formula is C14H10BrF4N. The summed E-state index contributed by atoms with van der Waals surface area (Å²) in [6.45, 7) is 0. The Morgan fingerprint density at radius 1 is 1.00 bits per heavy atom. The molecule has 0 saturated carbocycles. The summed E-state index contributed by atoms with van der Waals surface area (Å²) in [5, 5.41) is 2.38. The van der Waals surface area contributed by atoms with E-state index >= 15 is 0 Å². The molecule has 0 fully saturated rings. The molecule has 0 aliphatic carbocycles. The molecular weight excluding hydrogens is 338 g/mol. The van der Waals surface area contributed by atoms with E-state index in [1.807, 2.05) is 0 Å². The summed E-state index contributed by atoms with van der Waals surface area (Å²) in [5.41, 5.74) is 0.282. The molecule has 6 heteroatoms. The van der Waals surface area contributed by atoms with Crippen LogP contribution in [-0.2, 0) is 0 Å². The van der Waals surface area contributed by atoms with Gasteiger partial charge < -0.3 is 5.32 Å². The Kier molecular flexibility index (Phi) is 4.32. The largest absolute Gasteiger partial charge is 0.412 e. The minimum atomic E-state index is -4.46. The highest BCUT2D eigenvalue weighted by atomic mass is 79.9. The Hall–Kier alpha value is -1.56. The maximum Gasteiger partial charge on any atom is 0.412 e. The second kappa shape index (κ2) is 5.83. The maximum atomic E-state index is 13.1. The highest BCUT2D eigenvalue weighted by Crippen LogP contribution is 2.36. The molecule has 0 amide bonds. The first-order valence-corrected chi connectivity index (χ1v) is 6.50. The zero-order valence-corrected chi connectivity index (χ0v) is 11.7. The van der Waals surface area contributed by atoms with E-state index in [2.05, 4.69) is 21.2 Å². The monoisotopic (exact) mass is 347 g/mol. The van der Waals surface area contributed by atoms with Gasteiger partial charge in [-0.25, -0.2) is 4.39 Å². The Balaban J connectivity index is 2.31. The van der Waals surface area contributed by atoms with E-state index in [1.54, 1.807) is 6.07 Å². The second-order valence-electron chi connectivity index (χ2n) is 4.16. The first-order valence-electron chi connectivity index (χ1n) is 5.71. The number of anilines is 1. The van der Waals surface area contributed by atoms with Crippen LogP contribution in [0, 0.1) is 5.82 Å². The maximum absolute atomic E-state index is 13.1. The molecule has 0 spiro atoms. The van der Waals surface area contributed by atoms with E-state index in [0.29, 0.717) is 0 Å². The summed E-state index contributed by atoms with van der Waals surface area (Å²) in [7, 11) is 0. The fourth-order valence-electron chi connectivity index (χ4n) is 1.75. The average molecular weight is 348 g/mol. The first kappa shape index (κ1) is 14.8. The molecule has 1 nitrogen and oxygen atoms in total. The van der Waals surface area contributed by atoms with Crippen LogP contribution < -0.4 is 5.32 Å². The van der Waals surface area contributed by atoms with Crippen LogP contribution in [0.4, 0.5) is 23.2 Å². The van der Waals surface area contributed by atoms with Crippen molar-refractivity contribution in [1.82, 2.24) is 0 Å². The number of rotatable bonds is 3. The van der Waals surface area contributed by atoms with Gasteiger partial charge in [0.1, 0.15) is 11.9 Å². The van der Waals surface area contributed by atoms with E-state index in [4.69, 9.17) is 0 Å².